The molecule has 3 fully saturated rings. The van der Waals surface area contributed by atoms with Gasteiger partial charge in [0, 0.05) is 25.4 Å². The molecule has 5 rings (SSSR count). The van der Waals surface area contributed by atoms with Crippen LogP contribution in [0.25, 0.3) is 5.57 Å². The molecule has 2 heterocycles. The molecular formula is C24H32N2O. The van der Waals surface area contributed by atoms with Crippen molar-refractivity contribution in [2.75, 3.05) is 6.54 Å². The zero-order chi connectivity index (χ0) is 18.6. The molecule has 0 bridgehead atoms. The molecule has 0 aromatic carbocycles. The van der Waals surface area contributed by atoms with Gasteiger partial charge in [0.15, 0.2) is 0 Å². The summed E-state index contributed by atoms with van der Waals surface area (Å²) < 4.78 is 0. The lowest BCUT2D eigenvalue weighted by Gasteiger charge is -2.58. The second-order valence-electron chi connectivity index (χ2n) is 10.0. The van der Waals surface area contributed by atoms with E-state index in [1.165, 1.54) is 37.7 Å². The summed E-state index contributed by atoms with van der Waals surface area (Å²) in [6.45, 7) is 5.91. The van der Waals surface area contributed by atoms with Crippen molar-refractivity contribution < 1.29 is 4.79 Å². The summed E-state index contributed by atoms with van der Waals surface area (Å²) in [5.74, 6) is 3.21. The average Bonchev–Trinajstić information content (AvgIpc) is 2.93. The summed E-state index contributed by atoms with van der Waals surface area (Å²) >= 11 is 0. The van der Waals surface area contributed by atoms with Gasteiger partial charge in [0.1, 0.15) is 0 Å². The van der Waals surface area contributed by atoms with E-state index in [9.17, 15) is 4.79 Å². The number of allylic oxidation sites excluding steroid dienone is 2. The minimum absolute atomic E-state index is 0.282. The van der Waals surface area contributed by atoms with Crippen LogP contribution in [0.1, 0.15) is 64.4 Å². The van der Waals surface area contributed by atoms with E-state index in [4.69, 9.17) is 0 Å². The largest absolute Gasteiger partial charge is 0.356 e. The van der Waals surface area contributed by atoms with E-state index >= 15 is 0 Å². The van der Waals surface area contributed by atoms with Gasteiger partial charge in [-0.05, 0) is 90.2 Å². The number of aromatic nitrogens is 1. The number of nitrogens with zero attached hydrogens (tertiary/aromatic N) is 1. The molecule has 1 saturated heterocycles. The fourth-order valence-corrected chi connectivity index (χ4v) is 7.56. The van der Waals surface area contributed by atoms with Crippen molar-refractivity contribution in [3.05, 3.63) is 36.2 Å². The molecule has 6 atom stereocenters. The van der Waals surface area contributed by atoms with Crippen molar-refractivity contribution in [3.63, 3.8) is 0 Å². The lowest BCUT2D eigenvalue weighted by molar-refractivity contribution is -0.124. The molecule has 1 amide bonds. The van der Waals surface area contributed by atoms with Crippen molar-refractivity contribution in [1.82, 2.24) is 10.3 Å². The van der Waals surface area contributed by atoms with Gasteiger partial charge in [-0.3, -0.25) is 9.78 Å². The third-order valence-electron chi connectivity index (χ3n) is 9.04. The van der Waals surface area contributed by atoms with Crippen LogP contribution in [0.2, 0.25) is 0 Å². The fraction of sp³-hybridized carbons (Fsp3) is 0.667. The van der Waals surface area contributed by atoms with Gasteiger partial charge in [-0.2, -0.15) is 0 Å². The fourth-order valence-electron chi connectivity index (χ4n) is 7.56. The van der Waals surface area contributed by atoms with E-state index in [1.54, 1.807) is 5.57 Å². The van der Waals surface area contributed by atoms with Crippen LogP contribution >= 0.6 is 0 Å². The minimum atomic E-state index is 0.282. The van der Waals surface area contributed by atoms with Gasteiger partial charge in [-0.25, -0.2) is 0 Å². The van der Waals surface area contributed by atoms with Crippen LogP contribution < -0.4 is 5.32 Å². The number of nitrogens with one attached hydrogen (secondary N) is 1. The van der Waals surface area contributed by atoms with Gasteiger partial charge in [-0.1, -0.05) is 26.0 Å². The molecule has 0 radical (unpaired) electrons. The Morgan fingerprint density at radius 1 is 1.15 bits per heavy atom. The summed E-state index contributed by atoms with van der Waals surface area (Å²) in [6.07, 6.45) is 14.7. The number of carbonyl (C=O) groups is 1. The quantitative estimate of drug-likeness (QED) is 0.774. The monoisotopic (exact) mass is 364 g/mol. The summed E-state index contributed by atoms with van der Waals surface area (Å²) in [7, 11) is 0. The highest BCUT2D eigenvalue weighted by Gasteiger charge is 2.58. The lowest BCUT2D eigenvalue weighted by Crippen LogP contribution is -2.51. The van der Waals surface area contributed by atoms with E-state index in [-0.39, 0.29) is 5.91 Å². The lowest BCUT2D eigenvalue weighted by atomic mass is 9.46. The first-order valence-corrected chi connectivity index (χ1v) is 10.9. The van der Waals surface area contributed by atoms with Crippen LogP contribution in [0, 0.1) is 34.5 Å². The summed E-state index contributed by atoms with van der Waals surface area (Å²) in [6, 6.07) is 4.31. The first-order valence-electron chi connectivity index (χ1n) is 10.9. The van der Waals surface area contributed by atoms with Crippen molar-refractivity contribution >= 4 is 11.5 Å². The standard InChI is InChI=1S/C24H32N2O/c1-23-11-13-26-22(27)14-17(23)5-6-18-20-8-7-19(16-4-3-12-25-15-16)24(20,2)10-9-21(18)23/h3-4,7,12,15,17-18,20-21H,5-6,8-11,13-14H2,1-2H3,(H,26,27)/t17?,18-,20-,21-,23-,24+/m0/s1. The smallest absolute Gasteiger partial charge is 0.220 e. The number of amides is 1. The maximum Gasteiger partial charge on any atom is 0.220 e. The first-order chi connectivity index (χ1) is 13.0. The van der Waals surface area contributed by atoms with Crippen molar-refractivity contribution in [3.8, 4) is 0 Å². The highest BCUT2D eigenvalue weighted by atomic mass is 16.1. The molecule has 4 aliphatic rings. The molecule has 3 aliphatic carbocycles. The summed E-state index contributed by atoms with van der Waals surface area (Å²) in [4.78, 5) is 16.5. The van der Waals surface area contributed by atoms with E-state index in [0.717, 1.165) is 37.1 Å². The molecule has 1 aromatic rings. The molecule has 3 heteroatoms. The number of hydrogen-bond donors (Lipinski definition) is 1. The van der Waals surface area contributed by atoms with Gasteiger partial charge >= 0.3 is 0 Å². The summed E-state index contributed by atoms with van der Waals surface area (Å²) in [5.41, 5.74) is 3.50. The van der Waals surface area contributed by atoms with Gasteiger partial charge in [0.05, 0.1) is 0 Å². The predicted molar refractivity (Wildman–Crippen MR) is 108 cm³/mol. The molecule has 1 unspecified atom stereocenters. The van der Waals surface area contributed by atoms with E-state index in [1.807, 2.05) is 12.4 Å². The molecular weight excluding hydrogens is 332 g/mol. The molecule has 1 aromatic heterocycles. The van der Waals surface area contributed by atoms with Crippen LogP contribution in [0.15, 0.2) is 30.6 Å². The van der Waals surface area contributed by atoms with Gasteiger partial charge in [0.2, 0.25) is 5.91 Å². The predicted octanol–water partition coefficient (Wildman–Crippen LogP) is 4.84. The Labute approximate surface area is 163 Å². The molecule has 0 spiro atoms. The third kappa shape index (κ3) is 2.53. The molecule has 2 saturated carbocycles. The first kappa shape index (κ1) is 17.5. The third-order valence-corrected chi connectivity index (χ3v) is 9.04. The zero-order valence-corrected chi connectivity index (χ0v) is 16.7. The van der Waals surface area contributed by atoms with Crippen LogP contribution in [-0.4, -0.2) is 17.4 Å². The second kappa shape index (κ2) is 6.18. The molecule has 3 nitrogen and oxygen atoms in total. The van der Waals surface area contributed by atoms with Crippen LogP contribution in [0.3, 0.4) is 0 Å². The van der Waals surface area contributed by atoms with E-state index < -0.39 is 0 Å². The Balaban J connectivity index is 1.45. The SMILES string of the molecule is C[C@]12CCNC(=O)CC1CC[C@@H]1[C@@H]2CC[C@]2(C)C(c3cccnc3)=CC[C@@H]12. The maximum atomic E-state index is 12.1. The number of fused-ring (bicyclic) bond motifs is 5. The Kier molecular flexibility index (Phi) is 4.00. The molecule has 27 heavy (non-hydrogen) atoms. The Bertz CT molecular complexity index is 772. The second-order valence-corrected chi connectivity index (χ2v) is 10.0. The Morgan fingerprint density at radius 3 is 2.85 bits per heavy atom. The van der Waals surface area contributed by atoms with Gasteiger partial charge < -0.3 is 5.32 Å². The normalized spacial score (nSPS) is 43.6. The van der Waals surface area contributed by atoms with Gasteiger partial charge in [-0.15, -0.1) is 0 Å². The average molecular weight is 365 g/mol. The minimum Gasteiger partial charge on any atom is -0.356 e. The summed E-state index contributed by atoms with van der Waals surface area (Å²) in [5, 5.41) is 3.15. The number of pyridine rings is 1. The molecule has 1 N–H and O–H groups in total. The molecule has 1 aliphatic heterocycles. The van der Waals surface area contributed by atoms with Crippen LogP contribution in [-0.2, 0) is 4.79 Å². The topological polar surface area (TPSA) is 42.0 Å². The van der Waals surface area contributed by atoms with Crippen molar-refractivity contribution in [2.24, 2.45) is 34.5 Å². The Morgan fingerprint density at radius 2 is 2.04 bits per heavy atom. The number of hydrogen-bond acceptors (Lipinski definition) is 2. The maximum absolute atomic E-state index is 12.1. The van der Waals surface area contributed by atoms with Crippen molar-refractivity contribution in [2.45, 2.75) is 58.8 Å². The molecule has 144 valence electrons. The van der Waals surface area contributed by atoms with Gasteiger partial charge in [0.25, 0.3) is 0 Å². The van der Waals surface area contributed by atoms with Crippen molar-refractivity contribution in [1.29, 1.82) is 0 Å². The van der Waals surface area contributed by atoms with Crippen LogP contribution in [0.4, 0.5) is 0 Å². The number of rotatable bonds is 1. The highest BCUT2D eigenvalue weighted by Crippen LogP contribution is 2.66. The Hall–Kier alpha value is -1.64. The highest BCUT2D eigenvalue weighted by molar-refractivity contribution is 5.76. The number of carbonyl (C=O) groups excluding carboxylic acids is 1. The van der Waals surface area contributed by atoms with Crippen LogP contribution in [0.5, 0.6) is 0 Å². The van der Waals surface area contributed by atoms with E-state index in [0.29, 0.717) is 16.7 Å². The van der Waals surface area contributed by atoms with E-state index in [2.05, 4.69) is 42.4 Å². The zero-order valence-electron chi connectivity index (χ0n) is 16.7.